The maximum absolute atomic E-state index is 13.1. The van der Waals surface area contributed by atoms with Gasteiger partial charge in [0.2, 0.25) is 0 Å². The smallest absolute Gasteiger partial charge is 0.411 e. The Balaban J connectivity index is 1.33. The van der Waals surface area contributed by atoms with Crippen molar-refractivity contribution >= 4 is 29.4 Å². The average molecular weight is 641 g/mol. The van der Waals surface area contributed by atoms with Gasteiger partial charge in [-0.25, -0.2) is 9.59 Å². The summed E-state index contributed by atoms with van der Waals surface area (Å²) in [4.78, 5) is 51.9. The molecule has 1 aliphatic heterocycles. The van der Waals surface area contributed by atoms with E-state index in [1.807, 2.05) is 26.0 Å². The molecule has 1 aliphatic carbocycles. The summed E-state index contributed by atoms with van der Waals surface area (Å²) in [5.74, 6) is 0.492. The van der Waals surface area contributed by atoms with Gasteiger partial charge in [-0.1, -0.05) is 74.5 Å². The molecule has 9 nitrogen and oxygen atoms in total. The number of piperidine rings is 1. The summed E-state index contributed by atoms with van der Waals surface area (Å²) in [6.07, 6.45) is 11.6. The second kappa shape index (κ2) is 18.0. The highest BCUT2D eigenvalue weighted by Crippen LogP contribution is 2.30. The molecule has 1 unspecified atom stereocenters. The number of carbonyl (C=O) groups is 4. The van der Waals surface area contributed by atoms with Gasteiger partial charge in [0.1, 0.15) is 6.10 Å². The van der Waals surface area contributed by atoms with E-state index in [1.54, 1.807) is 42.5 Å². The lowest BCUT2D eigenvalue weighted by molar-refractivity contribution is -0.115. The summed E-state index contributed by atoms with van der Waals surface area (Å²) < 4.78 is 6.05. The molecular weight excluding hydrogens is 592 g/mol. The van der Waals surface area contributed by atoms with Crippen molar-refractivity contribution in [1.29, 1.82) is 0 Å². The van der Waals surface area contributed by atoms with Gasteiger partial charge in [0.15, 0.2) is 11.6 Å². The van der Waals surface area contributed by atoms with Gasteiger partial charge in [-0.15, -0.1) is 0 Å². The molecule has 0 aromatic heterocycles. The summed E-state index contributed by atoms with van der Waals surface area (Å²) in [7, 11) is 0. The van der Waals surface area contributed by atoms with Crippen molar-refractivity contribution in [3.05, 3.63) is 101 Å². The Morgan fingerprint density at radius 3 is 2.57 bits per heavy atom. The number of anilines is 1. The van der Waals surface area contributed by atoms with E-state index in [9.17, 15) is 19.2 Å². The van der Waals surface area contributed by atoms with Crippen LogP contribution in [0.15, 0.2) is 90.2 Å². The van der Waals surface area contributed by atoms with E-state index in [2.05, 4.69) is 45.1 Å². The van der Waals surface area contributed by atoms with Crippen molar-refractivity contribution in [1.82, 2.24) is 15.5 Å². The van der Waals surface area contributed by atoms with Crippen molar-refractivity contribution in [2.24, 2.45) is 5.92 Å². The van der Waals surface area contributed by atoms with E-state index in [-0.39, 0.29) is 29.7 Å². The van der Waals surface area contributed by atoms with Crippen LogP contribution in [0.25, 0.3) is 0 Å². The molecule has 2 aromatic rings. The van der Waals surface area contributed by atoms with E-state index < -0.39 is 6.09 Å². The van der Waals surface area contributed by atoms with Gasteiger partial charge >= 0.3 is 12.1 Å². The van der Waals surface area contributed by atoms with Crippen LogP contribution in [0.2, 0.25) is 0 Å². The van der Waals surface area contributed by atoms with Crippen LogP contribution in [0.4, 0.5) is 15.3 Å². The van der Waals surface area contributed by atoms with E-state index in [0.29, 0.717) is 48.7 Å². The number of ether oxygens (including phenoxy) is 1. The first-order valence-electron chi connectivity index (χ1n) is 16.8. The normalized spacial score (nSPS) is 18.6. The van der Waals surface area contributed by atoms with Gasteiger partial charge in [-0.3, -0.25) is 19.8 Å². The molecule has 4 rings (SSSR count). The first-order valence-corrected chi connectivity index (χ1v) is 16.8. The van der Waals surface area contributed by atoms with E-state index in [4.69, 9.17) is 4.74 Å². The van der Waals surface area contributed by atoms with Crippen LogP contribution in [-0.2, 0) is 16.0 Å². The zero-order valence-electron chi connectivity index (χ0n) is 27.8. The maximum Gasteiger partial charge on any atom is 0.411 e. The number of carbonyl (C=O) groups excluding carboxylic acids is 4. The van der Waals surface area contributed by atoms with E-state index >= 15 is 0 Å². The highest BCUT2D eigenvalue weighted by Gasteiger charge is 2.35. The number of ketones is 2. The van der Waals surface area contributed by atoms with Crippen LogP contribution in [0, 0.1) is 5.92 Å². The van der Waals surface area contributed by atoms with Crippen LogP contribution < -0.4 is 16.0 Å². The van der Waals surface area contributed by atoms with Crippen LogP contribution in [0.5, 0.6) is 0 Å². The SMILES string of the molecule is CCC(=O)C1=CC=CC(NC(=O)NCCCN2CC[C@H](Cc3ccccc3)CC2[C@H](CC)OC(=O)Nc2cccc(C(C)=O)c2)=CC1. The van der Waals surface area contributed by atoms with E-state index in [0.717, 1.165) is 44.3 Å². The molecule has 3 amide bonds. The Morgan fingerprint density at radius 2 is 1.83 bits per heavy atom. The Kier molecular flexibility index (Phi) is 13.5. The number of Topliss-reactive ketones (excluding diaryl/α,β-unsaturated/α-hetero) is 2. The molecule has 2 aliphatic rings. The summed E-state index contributed by atoms with van der Waals surface area (Å²) in [6.45, 7) is 7.48. The van der Waals surface area contributed by atoms with Crippen LogP contribution in [0.3, 0.4) is 0 Å². The number of nitrogens with one attached hydrogen (secondary N) is 3. The number of hydrogen-bond acceptors (Lipinski definition) is 6. The van der Waals surface area contributed by atoms with Crippen molar-refractivity contribution in [3.63, 3.8) is 0 Å². The van der Waals surface area contributed by atoms with Gasteiger partial charge in [0.25, 0.3) is 0 Å². The van der Waals surface area contributed by atoms with Crippen LogP contribution >= 0.6 is 0 Å². The average Bonchev–Trinajstić information content (AvgIpc) is 3.31. The van der Waals surface area contributed by atoms with Crippen molar-refractivity contribution in [2.75, 3.05) is 25.0 Å². The summed E-state index contributed by atoms with van der Waals surface area (Å²) in [5, 5.41) is 8.63. The number of nitrogens with zero attached hydrogens (tertiary/aromatic N) is 1. The predicted octanol–water partition coefficient (Wildman–Crippen LogP) is 6.98. The standard InChI is InChI=1S/C38H48N4O5/c1-4-35(44)30-14-9-16-32(19-18-30)40-37(45)39-21-11-22-42-23-20-29(24-28-12-7-6-8-13-28)25-34(42)36(5-2)47-38(46)41-33-17-10-15-31(26-33)27(3)43/h6-10,12-17,19,26,29,34,36H,4-5,11,18,20-25H2,1-3H3,(H,41,46)(H2,39,40,45)/t29-,34?,36+/m1/s1. The quantitative estimate of drug-likeness (QED) is 0.152. The molecule has 1 heterocycles. The molecule has 1 saturated heterocycles. The van der Waals surface area contributed by atoms with Crippen LogP contribution in [-0.4, -0.2) is 60.4 Å². The monoisotopic (exact) mass is 640 g/mol. The predicted molar refractivity (Wildman–Crippen MR) is 185 cm³/mol. The number of hydrogen-bond donors (Lipinski definition) is 3. The number of amides is 3. The second-order valence-corrected chi connectivity index (χ2v) is 12.2. The van der Waals surface area contributed by atoms with Crippen molar-refractivity contribution in [2.45, 2.75) is 77.9 Å². The Hall–Kier alpha value is -4.50. The summed E-state index contributed by atoms with van der Waals surface area (Å²) in [5.41, 5.74) is 3.74. The lowest BCUT2D eigenvalue weighted by Gasteiger charge is -2.43. The van der Waals surface area contributed by atoms with Gasteiger partial charge in [-0.05, 0) is 87.3 Å². The molecule has 47 heavy (non-hydrogen) atoms. The number of benzene rings is 2. The second-order valence-electron chi connectivity index (χ2n) is 12.2. The lowest BCUT2D eigenvalue weighted by Crippen LogP contribution is -2.51. The minimum Gasteiger partial charge on any atom is -0.444 e. The number of urea groups is 1. The molecule has 250 valence electrons. The van der Waals surface area contributed by atoms with Gasteiger partial charge in [-0.2, -0.15) is 0 Å². The van der Waals surface area contributed by atoms with Gasteiger partial charge in [0.05, 0.1) is 0 Å². The topological polar surface area (TPSA) is 117 Å². The minimum atomic E-state index is -0.538. The zero-order valence-corrected chi connectivity index (χ0v) is 27.8. The van der Waals surface area contributed by atoms with Crippen molar-refractivity contribution in [3.8, 4) is 0 Å². The largest absolute Gasteiger partial charge is 0.444 e. The van der Waals surface area contributed by atoms with E-state index in [1.165, 1.54) is 12.5 Å². The third-order valence-electron chi connectivity index (χ3n) is 8.80. The first kappa shape index (κ1) is 35.4. The first-order chi connectivity index (χ1) is 22.7. The highest BCUT2D eigenvalue weighted by molar-refractivity contribution is 5.96. The molecule has 2 aromatic carbocycles. The molecule has 3 N–H and O–H groups in total. The fraction of sp³-hybridized carbons (Fsp3) is 0.421. The van der Waals surface area contributed by atoms with Crippen LogP contribution in [0.1, 0.15) is 75.2 Å². The van der Waals surface area contributed by atoms with Gasteiger partial charge < -0.3 is 15.4 Å². The summed E-state index contributed by atoms with van der Waals surface area (Å²) >= 11 is 0. The minimum absolute atomic E-state index is 0.0272. The van der Waals surface area contributed by atoms with Crippen molar-refractivity contribution < 1.29 is 23.9 Å². The Morgan fingerprint density at radius 1 is 1.02 bits per heavy atom. The van der Waals surface area contributed by atoms with Gasteiger partial charge in [0, 0.05) is 42.5 Å². The molecule has 9 heteroatoms. The summed E-state index contributed by atoms with van der Waals surface area (Å²) in [6, 6.07) is 17.1. The zero-order chi connectivity index (χ0) is 33.6. The molecule has 0 saturated carbocycles. The highest BCUT2D eigenvalue weighted by atomic mass is 16.6. The molecular formula is C38H48N4O5. The fourth-order valence-corrected chi connectivity index (χ4v) is 6.26. The molecule has 0 spiro atoms. The maximum atomic E-state index is 13.1. The lowest BCUT2D eigenvalue weighted by atomic mass is 9.83. The molecule has 0 radical (unpaired) electrons. The molecule has 3 atom stereocenters. The Bertz CT molecular complexity index is 1480. The fourth-order valence-electron chi connectivity index (χ4n) is 6.26. The third kappa shape index (κ3) is 11.1. The Labute approximate surface area is 278 Å². The molecule has 1 fully saturated rings. The third-order valence-corrected chi connectivity index (χ3v) is 8.80. The molecule has 0 bridgehead atoms. The number of rotatable bonds is 14. The number of likely N-dealkylation sites (tertiary alicyclic amines) is 1. The number of allylic oxidation sites excluding steroid dienone is 5.